The van der Waals surface area contributed by atoms with Gasteiger partial charge in [0.05, 0.1) is 0 Å². The third-order valence-corrected chi connectivity index (χ3v) is 3.78. The van der Waals surface area contributed by atoms with Gasteiger partial charge in [0, 0.05) is 31.7 Å². The fourth-order valence-corrected chi connectivity index (χ4v) is 3.07. The molecule has 0 radical (unpaired) electrons. The van der Waals surface area contributed by atoms with E-state index in [1.54, 1.807) is 0 Å². The van der Waals surface area contributed by atoms with Gasteiger partial charge in [-0.15, -0.1) is 0 Å². The standard InChI is InChI=1S/C14H20N2/c1-2-5-12(6-3-1)9-16-10-13-7-4-8-14(11-16)15-13/h1-3,5-6,13-15H,4,7-11H2/t13-,14+. The summed E-state index contributed by atoms with van der Waals surface area (Å²) in [4.78, 5) is 2.61. The predicted octanol–water partition coefficient (Wildman–Crippen LogP) is 2.01. The highest BCUT2D eigenvalue weighted by Gasteiger charge is 2.29. The van der Waals surface area contributed by atoms with Crippen molar-refractivity contribution >= 4 is 0 Å². The van der Waals surface area contributed by atoms with E-state index in [1.165, 1.54) is 37.9 Å². The number of nitrogens with zero attached hydrogens (tertiary/aromatic N) is 1. The van der Waals surface area contributed by atoms with Crippen LogP contribution >= 0.6 is 0 Å². The largest absolute Gasteiger partial charge is 0.309 e. The van der Waals surface area contributed by atoms with E-state index < -0.39 is 0 Å². The third kappa shape index (κ3) is 2.28. The van der Waals surface area contributed by atoms with Crippen molar-refractivity contribution in [1.29, 1.82) is 0 Å². The Morgan fingerprint density at radius 3 is 2.44 bits per heavy atom. The highest BCUT2D eigenvalue weighted by atomic mass is 15.2. The van der Waals surface area contributed by atoms with Crippen LogP contribution in [0.4, 0.5) is 0 Å². The molecule has 2 fully saturated rings. The predicted molar refractivity (Wildman–Crippen MR) is 66.3 cm³/mol. The number of rotatable bonds is 2. The number of nitrogens with one attached hydrogen (secondary N) is 1. The summed E-state index contributed by atoms with van der Waals surface area (Å²) in [5, 5.41) is 3.73. The Labute approximate surface area is 97.6 Å². The maximum atomic E-state index is 3.73. The first-order chi connectivity index (χ1) is 7.90. The average molecular weight is 216 g/mol. The summed E-state index contributed by atoms with van der Waals surface area (Å²) >= 11 is 0. The third-order valence-electron chi connectivity index (χ3n) is 3.78. The van der Waals surface area contributed by atoms with Crippen molar-refractivity contribution in [2.24, 2.45) is 0 Å². The molecule has 0 spiro atoms. The minimum absolute atomic E-state index is 0.746. The van der Waals surface area contributed by atoms with Gasteiger partial charge < -0.3 is 5.32 Å². The highest BCUT2D eigenvalue weighted by Crippen LogP contribution is 2.20. The Kier molecular flexibility index (Phi) is 2.94. The van der Waals surface area contributed by atoms with Crippen molar-refractivity contribution in [3.05, 3.63) is 35.9 Å². The Morgan fingerprint density at radius 2 is 1.75 bits per heavy atom. The molecule has 2 heteroatoms. The summed E-state index contributed by atoms with van der Waals surface area (Å²) in [7, 11) is 0. The molecule has 0 saturated carbocycles. The van der Waals surface area contributed by atoms with E-state index in [-0.39, 0.29) is 0 Å². The minimum atomic E-state index is 0.746. The monoisotopic (exact) mass is 216 g/mol. The van der Waals surface area contributed by atoms with Gasteiger partial charge in [0.25, 0.3) is 0 Å². The van der Waals surface area contributed by atoms with Crippen LogP contribution in [0, 0.1) is 0 Å². The second-order valence-corrected chi connectivity index (χ2v) is 5.17. The maximum absolute atomic E-state index is 3.73. The minimum Gasteiger partial charge on any atom is -0.309 e. The van der Waals surface area contributed by atoms with Crippen LogP contribution in [0.2, 0.25) is 0 Å². The Hall–Kier alpha value is -0.860. The number of hydrogen-bond donors (Lipinski definition) is 1. The van der Waals surface area contributed by atoms with Crippen LogP contribution in [0.25, 0.3) is 0 Å². The van der Waals surface area contributed by atoms with Crippen molar-refractivity contribution in [3.8, 4) is 0 Å². The molecular formula is C14H20N2. The van der Waals surface area contributed by atoms with Gasteiger partial charge in [-0.25, -0.2) is 0 Å². The number of hydrogen-bond acceptors (Lipinski definition) is 2. The first-order valence-electron chi connectivity index (χ1n) is 6.42. The molecule has 1 N–H and O–H groups in total. The van der Waals surface area contributed by atoms with Gasteiger partial charge in [-0.2, -0.15) is 0 Å². The van der Waals surface area contributed by atoms with E-state index >= 15 is 0 Å². The van der Waals surface area contributed by atoms with Gasteiger partial charge in [0.1, 0.15) is 0 Å². The SMILES string of the molecule is c1ccc(CN2C[C@H]3CCC[C@@H](C2)N3)cc1. The van der Waals surface area contributed by atoms with E-state index in [9.17, 15) is 0 Å². The van der Waals surface area contributed by atoms with Crippen LogP contribution in [-0.4, -0.2) is 30.1 Å². The van der Waals surface area contributed by atoms with E-state index in [1.807, 2.05) is 0 Å². The lowest BCUT2D eigenvalue weighted by Gasteiger charge is -2.42. The van der Waals surface area contributed by atoms with Crippen molar-refractivity contribution in [2.45, 2.75) is 37.9 Å². The molecule has 0 aliphatic carbocycles. The molecule has 2 heterocycles. The molecular weight excluding hydrogens is 196 g/mol. The van der Waals surface area contributed by atoms with E-state index in [4.69, 9.17) is 0 Å². The molecule has 2 saturated heterocycles. The normalized spacial score (nSPS) is 30.2. The van der Waals surface area contributed by atoms with Crippen LogP contribution in [0.5, 0.6) is 0 Å². The number of fused-ring (bicyclic) bond motifs is 2. The Bertz CT molecular complexity index is 324. The summed E-state index contributed by atoms with van der Waals surface area (Å²) < 4.78 is 0. The Morgan fingerprint density at radius 1 is 1.06 bits per heavy atom. The zero-order valence-corrected chi connectivity index (χ0v) is 9.73. The first kappa shape index (κ1) is 10.3. The van der Waals surface area contributed by atoms with Crippen molar-refractivity contribution in [1.82, 2.24) is 10.2 Å². The maximum Gasteiger partial charge on any atom is 0.0235 e. The lowest BCUT2D eigenvalue weighted by Crippen LogP contribution is -2.58. The second kappa shape index (κ2) is 4.56. The topological polar surface area (TPSA) is 15.3 Å². The summed E-state index contributed by atoms with van der Waals surface area (Å²) in [5.41, 5.74) is 1.45. The average Bonchev–Trinajstić information content (AvgIpc) is 2.30. The second-order valence-electron chi connectivity index (χ2n) is 5.17. The quantitative estimate of drug-likeness (QED) is 0.813. The fraction of sp³-hybridized carbons (Fsp3) is 0.571. The first-order valence-corrected chi connectivity index (χ1v) is 6.42. The molecule has 0 unspecified atom stereocenters. The van der Waals surface area contributed by atoms with Crippen LogP contribution in [0.1, 0.15) is 24.8 Å². The molecule has 0 amide bonds. The van der Waals surface area contributed by atoms with E-state index in [2.05, 4.69) is 40.5 Å². The summed E-state index contributed by atoms with van der Waals surface area (Å²) in [6.07, 6.45) is 4.14. The van der Waals surface area contributed by atoms with Crippen molar-refractivity contribution in [2.75, 3.05) is 13.1 Å². The number of likely N-dealkylation sites (tertiary alicyclic amines) is 1. The number of piperazine rings is 1. The van der Waals surface area contributed by atoms with Crippen LogP contribution in [0.3, 0.4) is 0 Å². The summed E-state index contributed by atoms with van der Waals surface area (Å²) in [5.74, 6) is 0. The van der Waals surface area contributed by atoms with Gasteiger partial charge in [-0.3, -0.25) is 4.90 Å². The van der Waals surface area contributed by atoms with Gasteiger partial charge in [0.15, 0.2) is 0 Å². The van der Waals surface area contributed by atoms with Gasteiger partial charge in [-0.05, 0) is 18.4 Å². The van der Waals surface area contributed by atoms with Crippen LogP contribution in [-0.2, 0) is 6.54 Å². The lowest BCUT2D eigenvalue weighted by molar-refractivity contribution is 0.119. The summed E-state index contributed by atoms with van der Waals surface area (Å²) in [6.45, 7) is 3.58. The molecule has 1 aromatic carbocycles. The lowest BCUT2D eigenvalue weighted by atomic mass is 9.94. The van der Waals surface area contributed by atoms with Gasteiger partial charge >= 0.3 is 0 Å². The van der Waals surface area contributed by atoms with Crippen molar-refractivity contribution < 1.29 is 0 Å². The molecule has 2 atom stereocenters. The molecule has 86 valence electrons. The van der Waals surface area contributed by atoms with Crippen LogP contribution < -0.4 is 5.32 Å². The highest BCUT2D eigenvalue weighted by molar-refractivity contribution is 5.14. The zero-order valence-electron chi connectivity index (χ0n) is 9.73. The number of piperidine rings is 1. The molecule has 2 bridgehead atoms. The van der Waals surface area contributed by atoms with Gasteiger partial charge in [-0.1, -0.05) is 36.8 Å². The molecule has 16 heavy (non-hydrogen) atoms. The van der Waals surface area contributed by atoms with Crippen molar-refractivity contribution in [3.63, 3.8) is 0 Å². The van der Waals surface area contributed by atoms with Crippen LogP contribution in [0.15, 0.2) is 30.3 Å². The smallest absolute Gasteiger partial charge is 0.0235 e. The van der Waals surface area contributed by atoms with E-state index in [0.717, 1.165) is 18.6 Å². The number of benzene rings is 1. The summed E-state index contributed by atoms with van der Waals surface area (Å²) in [6, 6.07) is 12.3. The Balaban J connectivity index is 1.63. The molecule has 3 rings (SSSR count). The molecule has 1 aromatic rings. The fourth-order valence-electron chi connectivity index (χ4n) is 3.07. The molecule has 0 aromatic heterocycles. The van der Waals surface area contributed by atoms with Gasteiger partial charge in [0.2, 0.25) is 0 Å². The molecule has 2 aliphatic heterocycles. The zero-order chi connectivity index (χ0) is 10.8. The molecule has 2 nitrogen and oxygen atoms in total. The molecule has 2 aliphatic rings. The van der Waals surface area contributed by atoms with E-state index in [0.29, 0.717) is 0 Å².